The molecule has 0 unspecified atom stereocenters. The number of rotatable bonds is 5. The molecule has 0 spiro atoms. The average Bonchev–Trinajstić information content (AvgIpc) is 2.59. The van der Waals surface area contributed by atoms with E-state index in [-0.39, 0.29) is 0 Å². The first kappa shape index (κ1) is 14.8. The van der Waals surface area contributed by atoms with Crippen molar-refractivity contribution in [3.8, 4) is 0 Å². The second-order valence-electron chi connectivity index (χ2n) is 5.85. The molecule has 0 aromatic heterocycles. The molecule has 0 amide bonds. The molecule has 0 N–H and O–H groups in total. The van der Waals surface area contributed by atoms with Crippen LogP contribution in [0.3, 0.4) is 0 Å². The highest BCUT2D eigenvalue weighted by atomic mass is 14.7. The molecule has 0 saturated heterocycles. The number of allylic oxidation sites excluding steroid dienone is 1. The third kappa shape index (κ3) is 3.73. The van der Waals surface area contributed by atoms with E-state index in [0.717, 1.165) is 37.8 Å². The number of fused-ring (bicyclic) bond motifs is 1. The maximum Gasteiger partial charge on any atom is 0.0663 e. The van der Waals surface area contributed by atoms with Crippen LogP contribution in [0.5, 0.6) is 0 Å². The Labute approximate surface area is 133 Å². The summed E-state index contributed by atoms with van der Waals surface area (Å²) in [7, 11) is 0. The Hall–Kier alpha value is -2.15. The topological polar surface area (TPSA) is 12.4 Å². The standard InChI is InChI=1S/C21H23N/c1-2-17-9-11-18(12-10-17)6-3-4-7-19-13-14-20-8-5-15-22-21(20)16-19/h4,7,9-16H,2-3,5-6,8H2,1H3. The van der Waals surface area contributed by atoms with Crippen molar-refractivity contribution in [1.82, 2.24) is 0 Å². The van der Waals surface area contributed by atoms with Crippen LogP contribution in [0.2, 0.25) is 0 Å². The molecule has 0 saturated carbocycles. The van der Waals surface area contributed by atoms with Gasteiger partial charge in [-0.05, 0) is 60.4 Å². The third-order valence-corrected chi connectivity index (χ3v) is 4.22. The van der Waals surface area contributed by atoms with E-state index in [4.69, 9.17) is 0 Å². The van der Waals surface area contributed by atoms with Gasteiger partial charge in [0.1, 0.15) is 0 Å². The lowest BCUT2D eigenvalue weighted by atomic mass is 10.0. The molecule has 22 heavy (non-hydrogen) atoms. The molecule has 1 aliphatic rings. The summed E-state index contributed by atoms with van der Waals surface area (Å²) in [6, 6.07) is 15.6. The van der Waals surface area contributed by atoms with Crippen molar-refractivity contribution in [1.29, 1.82) is 0 Å². The van der Waals surface area contributed by atoms with E-state index < -0.39 is 0 Å². The molecule has 2 aromatic rings. The van der Waals surface area contributed by atoms with Crippen LogP contribution in [0.1, 0.15) is 42.0 Å². The number of nitrogens with zero attached hydrogens (tertiary/aromatic N) is 1. The first-order valence-electron chi connectivity index (χ1n) is 8.25. The normalized spacial score (nSPS) is 13.5. The van der Waals surface area contributed by atoms with Crippen LogP contribution in [0.25, 0.3) is 6.08 Å². The first-order chi connectivity index (χ1) is 10.8. The number of hydrogen-bond acceptors (Lipinski definition) is 1. The number of hydrogen-bond donors (Lipinski definition) is 0. The first-order valence-corrected chi connectivity index (χ1v) is 8.25. The molecule has 1 nitrogen and oxygen atoms in total. The number of benzene rings is 2. The molecule has 1 heteroatoms. The zero-order chi connectivity index (χ0) is 15.2. The van der Waals surface area contributed by atoms with Gasteiger partial charge in [-0.1, -0.05) is 55.5 Å². The molecule has 0 atom stereocenters. The van der Waals surface area contributed by atoms with Crippen LogP contribution in [0.15, 0.2) is 53.5 Å². The van der Waals surface area contributed by atoms with E-state index in [2.05, 4.69) is 66.5 Å². The molecular formula is C21H23N. The van der Waals surface area contributed by atoms with Gasteiger partial charge in [0, 0.05) is 6.21 Å². The minimum Gasteiger partial charge on any atom is -0.261 e. The lowest BCUT2D eigenvalue weighted by Crippen LogP contribution is -1.93. The van der Waals surface area contributed by atoms with Crippen LogP contribution in [0.4, 0.5) is 5.69 Å². The van der Waals surface area contributed by atoms with Gasteiger partial charge in [0.05, 0.1) is 5.69 Å². The highest BCUT2D eigenvalue weighted by Gasteiger charge is 2.04. The molecule has 0 bridgehead atoms. The Kier molecular flexibility index (Phi) is 4.85. The summed E-state index contributed by atoms with van der Waals surface area (Å²) in [5.74, 6) is 0. The Balaban J connectivity index is 1.57. The van der Waals surface area contributed by atoms with Crippen LogP contribution < -0.4 is 0 Å². The SMILES string of the molecule is CCc1ccc(CCC=Cc2ccc3c(c2)N=CCC3)cc1. The molecule has 2 aromatic carbocycles. The van der Waals surface area contributed by atoms with Crippen molar-refractivity contribution in [2.24, 2.45) is 4.99 Å². The minimum absolute atomic E-state index is 1.07. The Morgan fingerprint density at radius 1 is 1.05 bits per heavy atom. The van der Waals surface area contributed by atoms with Gasteiger partial charge >= 0.3 is 0 Å². The average molecular weight is 289 g/mol. The van der Waals surface area contributed by atoms with Gasteiger partial charge in [0.2, 0.25) is 0 Å². The summed E-state index contributed by atoms with van der Waals surface area (Å²) in [5, 5.41) is 0. The second-order valence-corrected chi connectivity index (χ2v) is 5.85. The van der Waals surface area contributed by atoms with Gasteiger partial charge in [-0.3, -0.25) is 4.99 Å². The Morgan fingerprint density at radius 3 is 2.68 bits per heavy atom. The monoisotopic (exact) mass is 289 g/mol. The fourth-order valence-corrected chi connectivity index (χ4v) is 2.81. The van der Waals surface area contributed by atoms with E-state index in [1.54, 1.807) is 0 Å². The summed E-state index contributed by atoms with van der Waals surface area (Å²) >= 11 is 0. The largest absolute Gasteiger partial charge is 0.261 e. The second kappa shape index (κ2) is 7.22. The van der Waals surface area contributed by atoms with E-state index in [0.29, 0.717) is 0 Å². The van der Waals surface area contributed by atoms with E-state index in [1.165, 1.54) is 22.3 Å². The van der Waals surface area contributed by atoms with Crippen molar-refractivity contribution < 1.29 is 0 Å². The van der Waals surface area contributed by atoms with Gasteiger partial charge in [0.25, 0.3) is 0 Å². The molecule has 0 aliphatic carbocycles. The molecule has 0 fully saturated rings. The summed E-state index contributed by atoms with van der Waals surface area (Å²) in [5.41, 5.74) is 6.59. The number of aliphatic imine (C=N–C) groups is 1. The molecule has 1 aliphatic heterocycles. The van der Waals surface area contributed by atoms with Crippen molar-refractivity contribution >= 4 is 18.0 Å². The lowest BCUT2D eigenvalue weighted by molar-refractivity contribution is 0.999. The molecule has 112 valence electrons. The van der Waals surface area contributed by atoms with Gasteiger partial charge in [0.15, 0.2) is 0 Å². The van der Waals surface area contributed by atoms with E-state index in [9.17, 15) is 0 Å². The zero-order valence-electron chi connectivity index (χ0n) is 13.3. The fourth-order valence-electron chi connectivity index (χ4n) is 2.81. The van der Waals surface area contributed by atoms with E-state index >= 15 is 0 Å². The Morgan fingerprint density at radius 2 is 1.86 bits per heavy atom. The third-order valence-electron chi connectivity index (χ3n) is 4.22. The van der Waals surface area contributed by atoms with Gasteiger partial charge < -0.3 is 0 Å². The molecule has 0 radical (unpaired) electrons. The lowest BCUT2D eigenvalue weighted by Gasteiger charge is -2.09. The number of aryl methyl sites for hydroxylation is 3. The predicted molar refractivity (Wildman–Crippen MR) is 96.1 cm³/mol. The van der Waals surface area contributed by atoms with Crippen molar-refractivity contribution in [2.75, 3.05) is 0 Å². The minimum atomic E-state index is 1.07. The summed E-state index contributed by atoms with van der Waals surface area (Å²) in [6.45, 7) is 2.19. The van der Waals surface area contributed by atoms with Gasteiger partial charge in [-0.2, -0.15) is 0 Å². The summed E-state index contributed by atoms with van der Waals surface area (Å²) < 4.78 is 0. The van der Waals surface area contributed by atoms with Crippen molar-refractivity contribution in [2.45, 2.75) is 39.0 Å². The quantitative estimate of drug-likeness (QED) is 0.685. The smallest absolute Gasteiger partial charge is 0.0663 e. The molecular weight excluding hydrogens is 266 g/mol. The predicted octanol–water partition coefficient (Wildman–Crippen LogP) is 5.54. The van der Waals surface area contributed by atoms with Gasteiger partial charge in [-0.15, -0.1) is 0 Å². The van der Waals surface area contributed by atoms with E-state index in [1.807, 2.05) is 6.21 Å². The van der Waals surface area contributed by atoms with Crippen molar-refractivity contribution in [3.63, 3.8) is 0 Å². The fraction of sp³-hybridized carbons (Fsp3) is 0.286. The molecule has 1 heterocycles. The van der Waals surface area contributed by atoms with Gasteiger partial charge in [-0.25, -0.2) is 0 Å². The highest BCUT2D eigenvalue weighted by molar-refractivity contribution is 5.70. The Bertz CT molecular complexity index is 678. The zero-order valence-corrected chi connectivity index (χ0v) is 13.3. The highest BCUT2D eigenvalue weighted by Crippen LogP contribution is 2.25. The van der Waals surface area contributed by atoms with Crippen LogP contribution in [-0.4, -0.2) is 6.21 Å². The van der Waals surface area contributed by atoms with Crippen LogP contribution in [0, 0.1) is 0 Å². The maximum absolute atomic E-state index is 4.49. The van der Waals surface area contributed by atoms with Crippen LogP contribution >= 0.6 is 0 Å². The maximum atomic E-state index is 4.49. The summed E-state index contributed by atoms with van der Waals surface area (Å²) in [6.07, 6.45) is 12.0. The van der Waals surface area contributed by atoms with Crippen LogP contribution in [-0.2, 0) is 19.3 Å². The molecule has 3 rings (SSSR count). The summed E-state index contributed by atoms with van der Waals surface area (Å²) in [4.78, 5) is 4.49. The van der Waals surface area contributed by atoms with Crippen molar-refractivity contribution in [3.05, 3.63) is 70.8 Å².